The molecule has 22 aromatic rings. The molecule has 524 valence electrons. The van der Waals surface area contributed by atoms with Crippen molar-refractivity contribution in [2.75, 3.05) is 0 Å². The zero-order valence-electron chi connectivity index (χ0n) is 60.3. The van der Waals surface area contributed by atoms with Crippen LogP contribution in [0.25, 0.3) is 210 Å². The van der Waals surface area contributed by atoms with E-state index in [4.69, 9.17) is 34.3 Å². The first-order valence-electron chi connectivity index (χ1n) is 37.6. The molecule has 0 fully saturated rings. The summed E-state index contributed by atoms with van der Waals surface area (Å²) >= 11 is 1.86. The van der Waals surface area contributed by atoms with Crippen molar-refractivity contribution in [3.8, 4) is 124 Å². The molecule has 0 radical (unpaired) electrons. The maximum Gasteiger partial charge on any atom is 0.166 e. The van der Waals surface area contributed by atoms with Crippen LogP contribution in [-0.2, 0) is 0 Å². The van der Waals surface area contributed by atoms with Crippen molar-refractivity contribution in [3.05, 3.63) is 388 Å². The van der Waals surface area contributed by atoms with Gasteiger partial charge in [-0.3, -0.25) is 0 Å². The molecule has 0 saturated carbocycles. The first kappa shape index (κ1) is 65.5. The van der Waals surface area contributed by atoms with Gasteiger partial charge in [0.05, 0.1) is 33.4 Å². The SMILES string of the molecule is c1ccc(-c2nc(-c3ccccc3)nc(-c3cccc(-c4ccccc4)c3-n3c4ccccc4c4c(-c5cccc6oc7ccccc7c56)cccc43)n2)cc1.c1ccc(-c2nc(-c3ccccc3)nc(-c3cccc(-c4ccccc4)c3-n3c4ccccc4c4c(-c5cccc6sc7ccccc7c56)cccc43)n2)cc1. The molecular formula is C102H64N8OS. The first-order valence-corrected chi connectivity index (χ1v) is 38.4. The van der Waals surface area contributed by atoms with Crippen LogP contribution in [0.5, 0.6) is 0 Å². The molecule has 0 bridgehead atoms. The minimum atomic E-state index is 0.599. The number of nitrogens with zero attached hydrogens (tertiary/aromatic N) is 8. The Hall–Kier alpha value is -14.8. The summed E-state index contributed by atoms with van der Waals surface area (Å²) in [6.45, 7) is 0. The average molecular weight is 1450 g/mol. The zero-order valence-corrected chi connectivity index (χ0v) is 61.2. The van der Waals surface area contributed by atoms with Crippen molar-refractivity contribution < 1.29 is 4.42 Å². The molecule has 0 atom stereocenters. The Labute approximate surface area is 648 Å². The Morgan fingerprint density at radius 2 is 0.482 bits per heavy atom. The molecule has 16 aromatic carbocycles. The summed E-state index contributed by atoms with van der Waals surface area (Å²) < 4.78 is 13.8. The van der Waals surface area contributed by atoms with Gasteiger partial charge in [0.15, 0.2) is 34.9 Å². The predicted octanol–water partition coefficient (Wildman–Crippen LogP) is 26.9. The largest absolute Gasteiger partial charge is 0.456 e. The molecule has 9 nitrogen and oxygen atoms in total. The molecule has 0 amide bonds. The summed E-state index contributed by atoms with van der Waals surface area (Å²) in [6, 6.07) is 136. The summed E-state index contributed by atoms with van der Waals surface area (Å²) in [5, 5.41) is 9.54. The van der Waals surface area contributed by atoms with E-state index in [1.54, 1.807) is 0 Å². The van der Waals surface area contributed by atoms with Crippen LogP contribution in [0.15, 0.2) is 393 Å². The van der Waals surface area contributed by atoms with Gasteiger partial charge in [0.25, 0.3) is 0 Å². The molecule has 112 heavy (non-hydrogen) atoms. The van der Waals surface area contributed by atoms with E-state index in [0.29, 0.717) is 34.9 Å². The van der Waals surface area contributed by atoms with Gasteiger partial charge >= 0.3 is 0 Å². The number of thiophene rings is 1. The summed E-state index contributed by atoms with van der Waals surface area (Å²) in [5.41, 5.74) is 22.8. The highest BCUT2D eigenvalue weighted by molar-refractivity contribution is 7.26. The second-order valence-corrected chi connectivity index (χ2v) is 29.0. The van der Waals surface area contributed by atoms with Crippen LogP contribution in [-0.4, -0.2) is 39.0 Å². The topological polar surface area (TPSA) is 100 Å². The molecular weight excluding hydrogens is 1390 g/mol. The fourth-order valence-electron chi connectivity index (χ4n) is 16.5. The minimum absolute atomic E-state index is 0.599. The van der Waals surface area contributed by atoms with Gasteiger partial charge in [-0.25, -0.2) is 29.9 Å². The zero-order chi connectivity index (χ0) is 74.0. The molecule has 22 rings (SSSR count). The van der Waals surface area contributed by atoms with E-state index in [2.05, 4.69) is 288 Å². The number of para-hydroxylation sites is 5. The van der Waals surface area contributed by atoms with E-state index in [0.717, 1.165) is 128 Å². The highest BCUT2D eigenvalue weighted by atomic mass is 32.1. The first-order chi connectivity index (χ1) is 55.6. The third kappa shape index (κ3) is 11.3. The summed E-state index contributed by atoms with van der Waals surface area (Å²) in [5.74, 6) is 3.72. The molecule has 10 heteroatoms. The lowest BCUT2D eigenvalue weighted by atomic mass is 9.95. The lowest BCUT2D eigenvalue weighted by molar-refractivity contribution is 0.669. The highest BCUT2D eigenvalue weighted by Crippen LogP contribution is 2.50. The van der Waals surface area contributed by atoms with Gasteiger partial charge in [0.1, 0.15) is 11.2 Å². The molecule has 6 heterocycles. The number of aromatic nitrogens is 8. The van der Waals surface area contributed by atoms with E-state index in [9.17, 15) is 0 Å². The summed E-state index contributed by atoms with van der Waals surface area (Å²) in [6.07, 6.45) is 0. The van der Waals surface area contributed by atoms with Crippen LogP contribution in [0.4, 0.5) is 0 Å². The fraction of sp³-hybridized carbons (Fsp3) is 0. The van der Waals surface area contributed by atoms with Crippen molar-refractivity contribution in [2.24, 2.45) is 0 Å². The predicted molar refractivity (Wildman–Crippen MR) is 463 cm³/mol. The van der Waals surface area contributed by atoms with E-state index in [-0.39, 0.29) is 0 Å². The van der Waals surface area contributed by atoms with E-state index < -0.39 is 0 Å². The Kier molecular flexibility index (Phi) is 16.2. The molecule has 0 aliphatic rings. The minimum Gasteiger partial charge on any atom is -0.456 e. The molecule has 0 unspecified atom stereocenters. The van der Waals surface area contributed by atoms with Crippen molar-refractivity contribution in [2.45, 2.75) is 0 Å². The fourth-order valence-corrected chi connectivity index (χ4v) is 17.6. The number of furan rings is 1. The van der Waals surface area contributed by atoms with E-state index >= 15 is 0 Å². The number of benzene rings is 16. The maximum absolute atomic E-state index is 6.38. The van der Waals surface area contributed by atoms with Crippen molar-refractivity contribution >= 4 is 97.1 Å². The number of fused-ring (bicyclic) bond motifs is 12. The monoisotopic (exact) mass is 1450 g/mol. The van der Waals surface area contributed by atoms with Gasteiger partial charge in [-0.15, -0.1) is 11.3 Å². The average Bonchev–Trinajstić information content (AvgIpc) is 1.55. The third-order valence-corrected chi connectivity index (χ3v) is 22.5. The van der Waals surface area contributed by atoms with Crippen LogP contribution in [0.3, 0.4) is 0 Å². The number of rotatable bonds is 12. The number of hydrogen-bond acceptors (Lipinski definition) is 8. The van der Waals surface area contributed by atoms with E-state index in [1.165, 1.54) is 47.5 Å². The lowest BCUT2D eigenvalue weighted by Crippen LogP contribution is -2.05. The smallest absolute Gasteiger partial charge is 0.166 e. The number of hydrogen-bond donors (Lipinski definition) is 0. The third-order valence-electron chi connectivity index (χ3n) is 21.4. The Bertz CT molecular complexity index is 6810. The van der Waals surface area contributed by atoms with Gasteiger partial charge in [0, 0.05) is 97.0 Å². The van der Waals surface area contributed by atoms with Crippen LogP contribution >= 0.6 is 11.3 Å². The lowest BCUT2D eigenvalue weighted by Gasteiger charge is -2.19. The van der Waals surface area contributed by atoms with Crippen LogP contribution in [0, 0.1) is 0 Å². The normalized spacial score (nSPS) is 11.6. The molecule has 0 aliphatic carbocycles. The quantitative estimate of drug-likeness (QED) is 0.120. The Morgan fingerprint density at radius 3 is 0.938 bits per heavy atom. The van der Waals surface area contributed by atoms with Gasteiger partial charge in [-0.2, -0.15) is 0 Å². The van der Waals surface area contributed by atoms with Gasteiger partial charge < -0.3 is 13.6 Å². The molecule has 0 spiro atoms. The second-order valence-electron chi connectivity index (χ2n) is 27.9. The molecule has 0 saturated heterocycles. The second kappa shape index (κ2) is 27.7. The molecule has 6 aromatic heterocycles. The van der Waals surface area contributed by atoms with Crippen molar-refractivity contribution in [1.82, 2.24) is 39.0 Å². The van der Waals surface area contributed by atoms with Crippen LogP contribution in [0.2, 0.25) is 0 Å². The molecule has 0 aliphatic heterocycles. The van der Waals surface area contributed by atoms with Gasteiger partial charge in [-0.05, 0) is 94.0 Å². The van der Waals surface area contributed by atoms with Crippen molar-refractivity contribution in [1.29, 1.82) is 0 Å². The van der Waals surface area contributed by atoms with Crippen LogP contribution in [0.1, 0.15) is 0 Å². The van der Waals surface area contributed by atoms with Gasteiger partial charge in [0.2, 0.25) is 0 Å². The standard InChI is InChI=1S/C51H32N4O.C51H32N4S/c2*1-4-17-33(18-5-1)36-25-14-28-41(51-53-49(34-19-6-2-7-20-34)52-50(54-51)35-21-8-3-9-22-35)48(36)55-42-29-12-10-23-39(42)46-37(26-15-30-43(46)55)38-27-16-32-45-47(38)40-24-11-13-31-44(40)56-45/h2*1-32H. The van der Waals surface area contributed by atoms with Gasteiger partial charge in [-0.1, -0.05) is 328 Å². The highest BCUT2D eigenvalue weighted by Gasteiger charge is 2.28. The Balaban J connectivity index is 0.000000141. The maximum atomic E-state index is 6.38. The van der Waals surface area contributed by atoms with E-state index in [1.807, 2.05) is 121 Å². The van der Waals surface area contributed by atoms with Crippen molar-refractivity contribution in [3.63, 3.8) is 0 Å². The molecule has 0 N–H and O–H groups in total. The Morgan fingerprint density at radius 1 is 0.188 bits per heavy atom. The van der Waals surface area contributed by atoms with Crippen LogP contribution < -0.4 is 0 Å². The summed E-state index contributed by atoms with van der Waals surface area (Å²) in [4.78, 5) is 31.0. The summed E-state index contributed by atoms with van der Waals surface area (Å²) in [7, 11) is 0.